The Morgan fingerprint density at radius 2 is 1.74 bits per heavy atom. The van der Waals surface area contributed by atoms with Crippen LogP contribution in [0.3, 0.4) is 0 Å². The van der Waals surface area contributed by atoms with Gasteiger partial charge in [0, 0.05) is 43.7 Å². The average molecular weight is 416 g/mol. The molecule has 0 saturated carbocycles. The molecule has 0 spiro atoms. The Balaban J connectivity index is 1.62. The van der Waals surface area contributed by atoms with Gasteiger partial charge in [0.15, 0.2) is 11.5 Å². The van der Waals surface area contributed by atoms with Crippen LogP contribution in [-0.2, 0) is 0 Å². The second-order valence-electron chi connectivity index (χ2n) is 7.74. The average Bonchev–Trinajstić information content (AvgIpc) is 3.24. The number of anilines is 1. The van der Waals surface area contributed by atoms with E-state index in [1.165, 1.54) is 0 Å². The molecule has 0 unspecified atom stereocenters. The number of carbonyl (C=O) groups is 1. The minimum atomic E-state index is -0.0105. The lowest BCUT2D eigenvalue weighted by Gasteiger charge is -2.35. The molecule has 4 aromatic rings. The zero-order valence-electron chi connectivity index (χ0n) is 17.7. The summed E-state index contributed by atoms with van der Waals surface area (Å²) in [6.45, 7) is 7.32. The highest BCUT2D eigenvalue weighted by Crippen LogP contribution is 2.30. The van der Waals surface area contributed by atoms with Crippen molar-refractivity contribution in [2.24, 2.45) is 0 Å². The molecular weight excluding hydrogens is 390 g/mol. The van der Waals surface area contributed by atoms with Gasteiger partial charge in [-0.05, 0) is 31.5 Å². The van der Waals surface area contributed by atoms with Crippen LogP contribution in [0.15, 0.2) is 48.5 Å². The number of carbonyl (C=O) groups excluding carboxylic acids is 1. The van der Waals surface area contributed by atoms with E-state index in [4.69, 9.17) is 4.98 Å². The summed E-state index contributed by atoms with van der Waals surface area (Å²) in [6.07, 6.45) is 0. The summed E-state index contributed by atoms with van der Waals surface area (Å²) in [7, 11) is 0. The highest BCUT2D eigenvalue weighted by atomic mass is 16.2. The van der Waals surface area contributed by atoms with Crippen LogP contribution in [0.1, 0.15) is 12.5 Å². The van der Waals surface area contributed by atoms with Gasteiger partial charge in [0.2, 0.25) is 5.95 Å². The first kappa shape index (κ1) is 19.3. The number of piperazine rings is 1. The topological polar surface area (TPSA) is 78.7 Å². The van der Waals surface area contributed by atoms with Crippen LogP contribution >= 0.6 is 0 Å². The van der Waals surface area contributed by atoms with Gasteiger partial charge in [-0.1, -0.05) is 36.4 Å². The SMILES string of the molecule is CCNC(=O)N1CCN(c2nc3ccccc3c3nnc(-c4ccccc4C)n23)CC1. The third kappa shape index (κ3) is 3.34. The molecule has 5 rings (SSSR count). The van der Waals surface area contributed by atoms with Gasteiger partial charge in [-0.25, -0.2) is 14.2 Å². The Hall–Kier alpha value is -3.68. The molecule has 0 radical (unpaired) electrons. The minimum Gasteiger partial charge on any atom is -0.338 e. The number of nitrogens with zero attached hydrogens (tertiary/aromatic N) is 6. The van der Waals surface area contributed by atoms with Crippen molar-refractivity contribution >= 4 is 28.5 Å². The molecule has 0 aliphatic carbocycles. The van der Waals surface area contributed by atoms with Crippen LogP contribution in [0.4, 0.5) is 10.7 Å². The molecule has 31 heavy (non-hydrogen) atoms. The van der Waals surface area contributed by atoms with Crippen LogP contribution in [0.2, 0.25) is 0 Å². The second-order valence-corrected chi connectivity index (χ2v) is 7.74. The van der Waals surface area contributed by atoms with Crippen molar-refractivity contribution in [2.75, 3.05) is 37.6 Å². The highest BCUT2D eigenvalue weighted by Gasteiger charge is 2.26. The molecule has 3 heterocycles. The number of amides is 2. The van der Waals surface area contributed by atoms with Gasteiger partial charge in [-0.3, -0.25) is 0 Å². The number of para-hydroxylation sites is 1. The first-order valence-electron chi connectivity index (χ1n) is 10.6. The summed E-state index contributed by atoms with van der Waals surface area (Å²) in [6, 6.07) is 16.2. The monoisotopic (exact) mass is 415 g/mol. The standard InChI is InChI=1S/C23H25N7O/c1-3-24-23(31)29-14-12-28(13-15-29)22-25-19-11-7-6-10-18(19)21-27-26-20(30(21)22)17-9-5-4-8-16(17)2/h4-11H,3,12-15H2,1-2H3,(H,24,31). The Bertz CT molecular complexity index is 1260. The molecule has 8 heteroatoms. The van der Waals surface area contributed by atoms with E-state index in [-0.39, 0.29) is 6.03 Å². The van der Waals surface area contributed by atoms with E-state index in [1.807, 2.05) is 48.2 Å². The molecule has 2 aromatic carbocycles. The zero-order valence-corrected chi connectivity index (χ0v) is 17.7. The summed E-state index contributed by atoms with van der Waals surface area (Å²) in [4.78, 5) is 21.3. The van der Waals surface area contributed by atoms with Gasteiger partial charge in [-0.2, -0.15) is 0 Å². The maximum absolute atomic E-state index is 12.2. The second kappa shape index (κ2) is 7.86. The molecule has 1 N–H and O–H groups in total. The number of fused-ring (bicyclic) bond motifs is 3. The third-order valence-electron chi connectivity index (χ3n) is 5.79. The molecule has 2 amide bonds. The predicted molar refractivity (Wildman–Crippen MR) is 121 cm³/mol. The number of urea groups is 1. The Labute approximate surface area is 180 Å². The molecule has 1 aliphatic heterocycles. The van der Waals surface area contributed by atoms with E-state index in [2.05, 4.69) is 43.9 Å². The molecular formula is C23H25N7O. The Morgan fingerprint density at radius 3 is 2.52 bits per heavy atom. The summed E-state index contributed by atoms with van der Waals surface area (Å²) in [5, 5.41) is 13.0. The lowest BCUT2D eigenvalue weighted by molar-refractivity contribution is 0.194. The van der Waals surface area contributed by atoms with E-state index in [1.54, 1.807) is 0 Å². The highest BCUT2D eigenvalue weighted by molar-refractivity contribution is 5.93. The smallest absolute Gasteiger partial charge is 0.317 e. The Kier molecular flexibility index (Phi) is 4.89. The van der Waals surface area contributed by atoms with Crippen LogP contribution in [0.5, 0.6) is 0 Å². The van der Waals surface area contributed by atoms with E-state index in [9.17, 15) is 4.79 Å². The van der Waals surface area contributed by atoms with Crippen LogP contribution in [0.25, 0.3) is 27.9 Å². The first-order chi connectivity index (χ1) is 15.2. The molecule has 1 aliphatic rings. The van der Waals surface area contributed by atoms with Gasteiger partial charge in [0.25, 0.3) is 0 Å². The fourth-order valence-electron chi connectivity index (χ4n) is 4.15. The van der Waals surface area contributed by atoms with E-state index < -0.39 is 0 Å². The van der Waals surface area contributed by atoms with E-state index >= 15 is 0 Å². The van der Waals surface area contributed by atoms with E-state index in [0.717, 1.165) is 39.4 Å². The number of hydrogen-bond donors (Lipinski definition) is 1. The molecule has 2 aromatic heterocycles. The molecule has 8 nitrogen and oxygen atoms in total. The number of nitrogens with one attached hydrogen (secondary N) is 1. The summed E-state index contributed by atoms with van der Waals surface area (Å²) < 4.78 is 2.06. The molecule has 0 bridgehead atoms. The Morgan fingerprint density at radius 1 is 1.00 bits per heavy atom. The summed E-state index contributed by atoms with van der Waals surface area (Å²) >= 11 is 0. The van der Waals surface area contributed by atoms with Crippen LogP contribution in [0, 0.1) is 6.92 Å². The van der Waals surface area contributed by atoms with Gasteiger partial charge in [0.1, 0.15) is 0 Å². The predicted octanol–water partition coefficient (Wildman–Crippen LogP) is 3.10. The van der Waals surface area contributed by atoms with Gasteiger partial charge in [0.05, 0.1) is 5.52 Å². The van der Waals surface area contributed by atoms with Gasteiger partial charge in [-0.15, -0.1) is 10.2 Å². The van der Waals surface area contributed by atoms with Gasteiger partial charge < -0.3 is 15.1 Å². The quantitative estimate of drug-likeness (QED) is 0.556. The number of aryl methyl sites for hydroxylation is 1. The van der Waals surface area contributed by atoms with E-state index in [0.29, 0.717) is 32.7 Å². The first-order valence-corrected chi connectivity index (χ1v) is 10.6. The molecule has 1 saturated heterocycles. The summed E-state index contributed by atoms with van der Waals surface area (Å²) in [5.74, 6) is 1.60. The van der Waals surface area contributed by atoms with Crippen molar-refractivity contribution in [2.45, 2.75) is 13.8 Å². The lowest BCUT2D eigenvalue weighted by atomic mass is 10.1. The largest absolute Gasteiger partial charge is 0.338 e. The van der Waals surface area contributed by atoms with Crippen molar-refractivity contribution in [3.05, 3.63) is 54.1 Å². The van der Waals surface area contributed by atoms with Crippen molar-refractivity contribution in [3.63, 3.8) is 0 Å². The fourth-order valence-corrected chi connectivity index (χ4v) is 4.15. The number of hydrogen-bond acceptors (Lipinski definition) is 5. The van der Waals surface area contributed by atoms with Crippen molar-refractivity contribution in [1.29, 1.82) is 0 Å². The van der Waals surface area contributed by atoms with Crippen molar-refractivity contribution in [1.82, 2.24) is 29.8 Å². The molecule has 158 valence electrons. The molecule has 0 atom stereocenters. The normalized spacial score (nSPS) is 14.4. The third-order valence-corrected chi connectivity index (χ3v) is 5.79. The zero-order chi connectivity index (χ0) is 21.4. The number of rotatable bonds is 3. The van der Waals surface area contributed by atoms with Crippen LogP contribution < -0.4 is 10.2 Å². The lowest BCUT2D eigenvalue weighted by Crippen LogP contribution is -2.52. The van der Waals surface area contributed by atoms with Crippen molar-refractivity contribution in [3.8, 4) is 11.4 Å². The molecule has 1 fully saturated rings. The van der Waals surface area contributed by atoms with Crippen molar-refractivity contribution < 1.29 is 4.79 Å². The number of aromatic nitrogens is 4. The maximum Gasteiger partial charge on any atom is 0.317 e. The van der Waals surface area contributed by atoms with Crippen LogP contribution in [-0.4, -0.2) is 63.2 Å². The summed E-state index contributed by atoms with van der Waals surface area (Å²) in [5.41, 5.74) is 3.86. The minimum absolute atomic E-state index is 0.0105. The maximum atomic E-state index is 12.2. The number of benzene rings is 2. The van der Waals surface area contributed by atoms with Gasteiger partial charge >= 0.3 is 6.03 Å². The fraction of sp³-hybridized carbons (Fsp3) is 0.304.